The van der Waals surface area contributed by atoms with Crippen molar-refractivity contribution in [1.29, 1.82) is 0 Å². The number of aliphatic imine (C=N–C) groups is 1. The van der Waals surface area contributed by atoms with Crippen molar-refractivity contribution in [2.24, 2.45) is 4.99 Å². The molecular weight excluding hydrogens is 224 g/mol. The van der Waals surface area contributed by atoms with Gasteiger partial charge in [-0.25, -0.2) is 0 Å². The minimum atomic E-state index is 1.13. The van der Waals surface area contributed by atoms with E-state index in [9.17, 15) is 0 Å². The standard InChI is InChI=1S/C5H7BrN.Ga/c1-5(3-6)4-7-2;/h3H,1-2H3;. The second kappa shape index (κ2) is 4.41. The molecule has 8 heavy (non-hydrogen) atoms. The first-order valence-corrected chi connectivity index (χ1v) is 4.34. The van der Waals surface area contributed by atoms with Gasteiger partial charge in [-0.2, -0.15) is 0 Å². The monoisotopic (exact) mass is 229 g/mol. The van der Waals surface area contributed by atoms with Crippen molar-refractivity contribution in [2.75, 3.05) is 7.05 Å². The third-order valence-electron chi connectivity index (χ3n) is 0.809. The molecule has 0 aliphatic heterocycles. The average molecular weight is 231 g/mol. The Morgan fingerprint density at radius 2 is 2.25 bits per heavy atom. The van der Waals surface area contributed by atoms with Crippen molar-refractivity contribution in [3.05, 3.63) is 10.6 Å². The summed E-state index contributed by atoms with van der Waals surface area (Å²) in [5, 5.41) is 0. The molecule has 0 atom stereocenters. The Labute approximate surface area is 68.3 Å². The summed E-state index contributed by atoms with van der Waals surface area (Å²) in [4.78, 5) is 5.89. The SMILES string of the molecule is CN=[C]([Ga])C(C)=CBr. The van der Waals surface area contributed by atoms with Gasteiger partial charge in [0.15, 0.2) is 0 Å². The number of hydrogen-bond acceptors (Lipinski definition) is 1. The van der Waals surface area contributed by atoms with Gasteiger partial charge in [-0.3, -0.25) is 0 Å². The molecule has 0 heterocycles. The van der Waals surface area contributed by atoms with Gasteiger partial charge in [-0.1, -0.05) is 0 Å². The zero-order valence-corrected chi connectivity index (χ0v) is 8.99. The van der Waals surface area contributed by atoms with Crippen molar-refractivity contribution in [1.82, 2.24) is 0 Å². The third kappa shape index (κ3) is 2.74. The van der Waals surface area contributed by atoms with Crippen LogP contribution in [0.15, 0.2) is 15.6 Å². The van der Waals surface area contributed by atoms with Crippen LogP contribution in [-0.2, 0) is 0 Å². The summed E-state index contributed by atoms with van der Waals surface area (Å²) in [6.07, 6.45) is 0. The van der Waals surface area contributed by atoms with E-state index in [1.807, 2.05) is 11.9 Å². The van der Waals surface area contributed by atoms with E-state index < -0.39 is 0 Å². The normalized spacial score (nSPS) is 14.4. The molecule has 0 aliphatic carbocycles. The second-order valence-corrected chi connectivity index (χ2v) is 3.01. The van der Waals surface area contributed by atoms with E-state index in [0.29, 0.717) is 0 Å². The third-order valence-corrected chi connectivity index (χ3v) is 2.99. The summed E-state index contributed by atoms with van der Waals surface area (Å²) in [6, 6.07) is 0. The van der Waals surface area contributed by atoms with Crippen LogP contribution < -0.4 is 0 Å². The van der Waals surface area contributed by atoms with Gasteiger partial charge in [0.25, 0.3) is 0 Å². The summed E-state index contributed by atoms with van der Waals surface area (Å²) in [5.41, 5.74) is 1.20. The summed E-state index contributed by atoms with van der Waals surface area (Å²) in [7, 11) is 1.80. The van der Waals surface area contributed by atoms with Crippen molar-refractivity contribution in [2.45, 2.75) is 6.92 Å². The molecule has 42 valence electrons. The van der Waals surface area contributed by atoms with E-state index in [0.717, 1.165) is 4.27 Å². The quantitative estimate of drug-likeness (QED) is 0.478. The van der Waals surface area contributed by atoms with Crippen LogP contribution in [0.25, 0.3) is 0 Å². The Bertz CT molecular complexity index is 112. The topological polar surface area (TPSA) is 12.4 Å². The van der Waals surface area contributed by atoms with Crippen LogP contribution in [0.3, 0.4) is 0 Å². The Hall–Kier alpha value is 0.526. The number of halogens is 1. The fourth-order valence-corrected chi connectivity index (χ4v) is 1.15. The molecule has 0 aromatic rings. The fourth-order valence-electron chi connectivity index (χ4n) is 0.232. The van der Waals surface area contributed by atoms with E-state index in [1.54, 1.807) is 25.6 Å². The molecule has 0 N–H and O–H groups in total. The minimum absolute atomic E-state index is 1.13. The van der Waals surface area contributed by atoms with Crippen molar-refractivity contribution in [3.8, 4) is 0 Å². The maximum atomic E-state index is 4.01. The number of nitrogens with zero attached hydrogens (tertiary/aromatic N) is 1. The zero-order chi connectivity index (χ0) is 6.57. The van der Waals surface area contributed by atoms with Crippen molar-refractivity contribution >= 4 is 38.8 Å². The van der Waals surface area contributed by atoms with Crippen LogP contribution in [0.4, 0.5) is 0 Å². The Balaban J connectivity index is 4.04. The Kier molecular flexibility index (Phi) is 4.70. The summed E-state index contributed by atoms with van der Waals surface area (Å²) in [6.45, 7) is 2.03. The summed E-state index contributed by atoms with van der Waals surface area (Å²) >= 11 is 4.78. The van der Waals surface area contributed by atoms with E-state index in [1.165, 1.54) is 5.57 Å². The molecule has 0 aromatic carbocycles. The van der Waals surface area contributed by atoms with Gasteiger partial charge >= 0.3 is 68.3 Å². The van der Waals surface area contributed by atoms with E-state index in [2.05, 4.69) is 20.9 Å². The van der Waals surface area contributed by atoms with Gasteiger partial charge in [0.1, 0.15) is 0 Å². The molecule has 2 radical (unpaired) electrons. The molecule has 0 aliphatic rings. The predicted octanol–water partition coefficient (Wildman–Crippen LogP) is 1.48. The molecule has 0 aromatic heterocycles. The first-order valence-electron chi connectivity index (χ1n) is 2.22. The van der Waals surface area contributed by atoms with E-state index >= 15 is 0 Å². The molecule has 0 saturated heterocycles. The van der Waals surface area contributed by atoms with Gasteiger partial charge in [0, 0.05) is 0 Å². The van der Waals surface area contributed by atoms with Crippen molar-refractivity contribution in [3.63, 3.8) is 0 Å². The molecule has 0 unspecified atom stereocenters. The average Bonchev–Trinajstić information content (AvgIpc) is 1.84. The second-order valence-electron chi connectivity index (χ2n) is 1.40. The number of allylic oxidation sites excluding steroid dienone is 1. The van der Waals surface area contributed by atoms with Gasteiger partial charge in [0.2, 0.25) is 0 Å². The molecule has 3 heteroatoms. The van der Waals surface area contributed by atoms with Gasteiger partial charge in [-0.05, 0) is 0 Å². The molecule has 0 bridgehead atoms. The molecule has 0 fully saturated rings. The molecule has 0 saturated carbocycles. The molecular formula is C5H7BrGaN. The van der Waals surface area contributed by atoms with Gasteiger partial charge < -0.3 is 0 Å². The van der Waals surface area contributed by atoms with Crippen LogP contribution in [0.5, 0.6) is 0 Å². The summed E-state index contributed by atoms with van der Waals surface area (Å²) in [5.74, 6) is 0. The number of hydrogen-bond donors (Lipinski definition) is 0. The molecule has 0 rings (SSSR count). The van der Waals surface area contributed by atoms with Crippen LogP contribution in [0, 0.1) is 0 Å². The van der Waals surface area contributed by atoms with Gasteiger partial charge in [-0.15, -0.1) is 0 Å². The fraction of sp³-hybridized carbons (Fsp3) is 0.400. The Morgan fingerprint density at radius 3 is 2.38 bits per heavy atom. The van der Waals surface area contributed by atoms with E-state index in [4.69, 9.17) is 0 Å². The van der Waals surface area contributed by atoms with Crippen LogP contribution >= 0.6 is 15.9 Å². The van der Waals surface area contributed by atoms with Crippen LogP contribution in [0.2, 0.25) is 0 Å². The molecule has 1 nitrogen and oxygen atoms in total. The van der Waals surface area contributed by atoms with Crippen molar-refractivity contribution < 1.29 is 0 Å². The molecule has 0 amide bonds. The predicted molar refractivity (Wildman–Crippen MR) is 41.8 cm³/mol. The van der Waals surface area contributed by atoms with Crippen LogP contribution in [-0.4, -0.2) is 29.9 Å². The zero-order valence-electron chi connectivity index (χ0n) is 4.98. The first-order chi connectivity index (χ1) is 3.72. The van der Waals surface area contributed by atoms with E-state index in [-0.39, 0.29) is 0 Å². The van der Waals surface area contributed by atoms with Crippen LogP contribution in [0.1, 0.15) is 6.92 Å². The molecule has 0 spiro atoms. The first kappa shape index (κ1) is 8.53. The summed E-state index contributed by atoms with van der Waals surface area (Å²) < 4.78 is 1.13. The number of rotatable bonds is 1. The Morgan fingerprint density at radius 1 is 1.75 bits per heavy atom. The maximum absolute atomic E-state index is 4.01. The van der Waals surface area contributed by atoms with Gasteiger partial charge in [0.05, 0.1) is 0 Å².